The summed E-state index contributed by atoms with van der Waals surface area (Å²) >= 11 is 1.57. The Labute approximate surface area is 124 Å². The summed E-state index contributed by atoms with van der Waals surface area (Å²) in [6.07, 6.45) is 0. The predicted octanol–water partition coefficient (Wildman–Crippen LogP) is 1.65. The van der Waals surface area contributed by atoms with Crippen molar-refractivity contribution in [2.75, 3.05) is 0 Å². The van der Waals surface area contributed by atoms with Crippen molar-refractivity contribution in [2.45, 2.75) is 6.54 Å². The van der Waals surface area contributed by atoms with Crippen molar-refractivity contribution in [1.29, 1.82) is 0 Å². The number of hydrogen-bond acceptors (Lipinski definition) is 4. The number of carbonyl (C=O) groups is 2. The van der Waals surface area contributed by atoms with Gasteiger partial charge in [-0.2, -0.15) is 0 Å². The van der Waals surface area contributed by atoms with Gasteiger partial charge in [-0.1, -0.05) is 12.1 Å². The van der Waals surface area contributed by atoms with Crippen LogP contribution >= 0.6 is 11.3 Å². The van der Waals surface area contributed by atoms with Crippen LogP contribution in [0, 0.1) is 0 Å². The van der Waals surface area contributed by atoms with E-state index in [9.17, 15) is 9.59 Å². The number of nitrogens with zero attached hydrogens (tertiary/aromatic N) is 1. The largest absolute Gasteiger partial charge is 0.363 e. The van der Waals surface area contributed by atoms with Crippen molar-refractivity contribution in [3.63, 3.8) is 0 Å². The number of primary amides is 1. The van der Waals surface area contributed by atoms with Crippen molar-refractivity contribution in [3.05, 3.63) is 52.0 Å². The second-order valence-electron chi connectivity index (χ2n) is 4.41. The molecule has 0 aliphatic rings. The second kappa shape index (κ2) is 5.37. The number of para-hydroxylation sites is 1. The summed E-state index contributed by atoms with van der Waals surface area (Å²) in [5.41, 5.74) is 6.65. The van der Waals surface area contributed by atoms with Crippen molar-refractivity contribution in [1.82, 2.24) is 15.3 Å². The van der Waals surface area contributed by atoms with E-state index in [1.165, 1.54) is 0 Å². The van der Waals surface area contributed by atoms with Crippen LogP contribution in [0.5, 0.6) is 0 Å². The molecule has 2 amide bonds. The van der Waals surface area contributed by atoms with Crippen LogP contribution in [-0.2, 0) is 6.54 Å². The van der Waals surface area contributed by atoms with Crippen LogP contribution in [-0.4, -0.2) is 21.8 Å². The number of hydrogen-bond donors (Lipinski definition) is 3. The lowest BCUT2D eigenvalue weighted by Crippen LogP contribution is -2.22. The lowest BCUT2D eigenvalue weighted by molar-refractivity contribution is 0.0950. The Morgan fingerprint density at radius 3 is 2.86 bits per heavy atom. The fourth-order valence-electron chi connectivity index (χ4n) is 2.01. The fourth-order valence-corrected chi connectivity index (χ4v) is 2.65. The molecule has 0 spiro atoms. The molecule has 4 N–H and O–H groups in total. The summed E-state index contributed by atoms with van der Waals surface area (Å²) in [4.78, 5) is 31.4. The Bertz CT molecular complexity index is 808. The molecule has 2 aromatic heterocycles. The van der Waals surface area contributed by atoms with Crippen LogP contribution in [0.2, 0.25) is 0 Å². The number of rotatable bonds is 4. The quantitative estimate of drug-likeness (QED) is 0.683. The van der Waals surface area contributed by atoms with Gasteiger partial charge in [0, 0.05) is 4.88 Å². The summed E-state index contributed by atoms with van der Waals surface area (Å²) in [6.45, 7) is 0.458. The first-order valence-corrected chi connectivity index (χ1v) is 7.12. The molecule has 106 valence electrons. The molecule has 0 radical (unpaired) electrons. The molecule has 7 heteroatoms. The van der Waals surface area contributed by atoms with Gasteiger partial charge in [-0.25, -0.2) is 4.98 Å². The van der Waals surface area contributed by atoms with Crippen LogP contribution in [0.4, 0.5) is 0 Å². The van der Waals surface area contributed by atoms with Gasteiger partial charge in [-0.05, 0) is 23.6 Å². The normalized spacial score (nSPS) is 10.7. The minimum atomic E-state index is -0.656. The highest BCUT2D eigenvalue weighted by Gasteiger charge is 2.15. The third-order valence-corrected chi connectivity index (χ3v) is 3.87. The standard InChI is InChI=1S/C14H12N4O2S/c15-12(19)13-17-10-5-1-4-9(11(10)18-13)14(20)16-7-8-3-2-6-21-8/h1-6H,7H2,(H2,15,19)(H,16,20)(H,17,18). The molecular weight excluding hydrogens is 288 g/mol. The summed E-state index contributed by atoms with van der Waals surface area (Å²) in [5.74, 6) is -0.851. The van der Waals surface area contributed by atoms with Gasteiger partial charge in [0.2, 0.25) is 0 Å². The summed E-state index contributed by atoms with van der Waals surface area (Å²) in [5, 5.41) is 4.79. The van der Waals surface area contributed by atoms with Crippen molar-refractivity contribution < 1.29 is 9.59 Å². The van der Waals surface area contributed by atoms with Crippen molar-refractivity contribution in [3.8, 4) is 0 Å². The molecule has 0 aliphatic carbocycles. The monoisotopic (exact) mass is 300 g/mol. The molecule has 0 atom stereocenters. The molecule has 3 rings (SSSR count). The average molecular weight is 300 g/mol. The first-order valence-electron chi connectivity index (χ1n) is 6.24. The Balaban J connectivity index is 1.88. The van der Waals surface area contributed by atoms with E-state index in [0.29, 0.717) is 23.1 Å². The number of aromatic amines is 1. The fraction of sp³-hybridized carbons (Fsp3) is 0.0714. The molecule has 21 heavy (non-hydrogen) atoms. The first kappa shape index (κ1) is 13.3. The maximum Gasteiger partial charge on any atom is 0.284 e. The number of nitrogens with one attached hydrogen (secondary N) is 2. The Hall–Kier alpha value is -2.67. The van der Waals surface area contributed by atoms with Gasteiger partial charge in [0.25, 0.3) is 11.8 Å². The number of aromatic nitrogens is 2. The zero-order valence-electron chi connectivity index (χ0n) is 10.9. The minimum Gasteiger partial charge on any atom is -0.363 e. The first-order chi connectivity index (χ1) is 10.1. The smallest absolute Gasteiger partial charge is 0.284 e. The van der Waals surface area contributed by atoms with Gasteiger partial charge in [0.1, 0.15) is 5.52 Å². The zero-order chi connectivity index (χ0) is 14.8. The number of carbonyl (C=O) groups excluding carboxylic acids is 2. The molecule has 6 nitrogen and oxygen atoms in total. The number of H-pyrrole nitrogens is 1. The van der Waals surface area contributed by atoms with Crippen LogP contribution in [0.3, 0.4) is 0 Å². The van der Waals surface area contributed by atoms with Gasteiger partial charge in [0.05, 0.1) is 17.6 Å². The summed E-state index contributed by atoms with van der Waals surface area (Å²) < 4.78 is 0. The molecule has 0 fully saturated rings. The van der Waals surface area contributed by atoms with E-state index in [1.807, 2.05) is 17.5 Å². The SMILES string of the molecule is NC(=O)c1nc2c(C(=O)NCc3cccs3)cccc2[nH]1. The number of nitrogens with two attached hydrogens (primary N) is 1. The van der Waals surface area contributed by atoms with Crippen LogP contribution in [0.15, 0.2) is 35.7 Å². The van der Waals surface area contributed by atoms with Crippen LogP contribution < -0.4 is 11.1 Å². The van der Waals surface area contributed by atoms with Crippen molar-refractivity contribution >= 4 is 34.2 Å². The van der Waals surface area contributed by atoms with E-state index in [1.54, 1.807) is 29.5 Å². The number of thiophene rings is 1. The highest BCUT2D eigenvalue weighted by Crippen LogP contribution is 2.17. The van der Waals surface area contributed by atoms with Crippen LogP contribution in [0.1, 0.15) is 25.9 Å². The minimum absolute atomic E-state index is 0.0449. The molecular formula is C14H12N4O2S. The molecule has 0 aliphatic heterocycles. The van der Waals surface area contributed by atoms with Gasteiger partial charge < -0.3 is 16.0 Å². The highest BCUT2D eigenvalue weighted by molar-refractivity contribution is 7.09. The molecule has 0 saturated heterocycles. The molecule has 1 aromatic carbocycles. The molecule has 0 bridgehead atoms. The van der Waals surface area contributed by atoms with E-state index in [-0.39, 0.29) is 11.7 Å². The molecule has 0 saturated carbocycles. The predicted molar refractivity (Wildman–Crippen MR) is 80.1 cm³/mol. The van der Waals surface area contributed by atoms with E-state index in [0.717, 1.165) is 4.88 Å². The number of fused-ring (bicyclic) bond motifs is 1. The second-order valence-corrected chi connectivity index (χ2v) is 5.45. The summed E-state index contributed by atoms with van der Waals surface area (Å²) in [6, 6.07) is 9.01. The molecule has 0 unspecified atom stereocenters. The van der Waals surface area contributed by atoms with Gasteiger partial charge >= 0.3 is 0 Å². The van der Waals surface area contributed by atoms with E-state index >= 15 is 0 Å². The summed E-state index contributed by atoms with van der Waals surface area (Å²) in [7, 11) is 0. The molecule has 2 heterocycles. The maximum atomic E-state index is 12.3. The van der Waals surface area contributed by atoms with E-state index in [4.69, 9.17) is 5.73 Å². The van der Waals surface area contributed by atoms with E-state index < -0.39 is 5.91 Å². The average Bonchev–Trinajstić information content (AvgIpc) is 3.12. The maximum absolute atomic E-state index is 12.3. The third kappa shape index (κ3) is 2.63. The third-order valence-electron chi connectivity index (χ3n) is 2.99. The highest BCUT2D eigenvalue weighted by atomic mass is 32.1. The number of amides is 2. The van der Waals surface area contributed by atoms with Gasteiger partial charge in [-0.15, -0.1) is 11.3 Å². The zero-order valence-corrected chi connectivity index (χ0v) is 11.7. The van der Waals surface area contributed by atoms with E-state index in [2.05, 4.69) is 15.3 Å². The lowest BCUT2D eigenvalue weighted by Gasteiger charge is -2.04. The van der Waals surface area contributed by atoms with Gasteiger partial charge in [0.15, 0.2) is 5.82 Å². The topological polar surface area (TPSA) is 101 Å². The van der Waals surface area contributed by atoms with Crippen LogP contribution in [0.25, 0.3) is 11.0 Å². The van der Waals surface area contributed by atoms with Crippen molar-refractivity contribution in [2.24, 2.45) is 5.73 Å². The Kier molecular flexibility index (Phi) is 3.41. The van der Waals surface area contributed by atoms with Gasteiger partial charge in [-0.3, -0.25) is 9.59 Å². The number of benzene rings is 1. The Morgan fingerprint density at radius 2 is 2.14 bits per heavy atom. The number of imidazole rings is 1. The lowest BCUT2D eigenvalue weighted by atomic mass is 10.1. The molecule has 3 aromatic rings. The Morgan fingerprint density at radius 1 is 1.29 bits per heavy atom.